The van der Waals surface area contributed by atoms with Gasteiger partial charge in [-0.2, -0.15) is 0 Å². The fraction of sp³-hybridized carbons (Fsp3) is 0.235. The number of hydrogen-bond acceptors (Lipinski definition) is 5. The topological polar surface area (TPSA) is 47.1 Å². The van der Waals surface area contributed by atoms with Crippen molar-refractivity contribution in [2.45, 2.75) is 20.1 Å². The molecule has 1 aromatic carbocycles. The van der Waals surface area contributed by atoms with Crippen LogP contribution < -0.4 is 0 Å². The average molecular weight is 326 g/mol. The molecule has 0 N–H and O–H groups in total. The molecule has 0 fully saturated rings. The number of pyridine rings is 1. The zero-order chi connectivity index (χ0) is 16.1. The van der Waals surface area contributed by atoms with Crippen LogP contribution in [0.15, 0.2) is 59.3 Å². The molecule has 0 saturated carbocycles. The molecule has 0 aliphatic rings. The summed E-state index contributed by atoms with van der Waals surface area (Å²) < 4.78 is 7.31. The molecule has 0 unspecified atom stereocenters. The SMILES string of the molecule is CCN(Cc1ccccc1)Cn1nc(-c2cccnc2)oc1=S. The van der Waals surface area contributed by atoms with E-state index < -0.39 is 0 Å². The summed E-state index contributed by atoms with van der Waals surface area (Å²) in [6, 6.07) is 14.1. The smallest absolute Gasteiger partial charge is 0.288 e. The summed E-state index contributed by atoms with van der Waals surface area (Å²) in [5.74, 6) is 0.499. The number of hydrogen-bond donors (Lipinski definition) is 0. The van der Waals surface area contributed by atoms with Gasteiger partial charge in [0.1, 0.15) is 0 Å². The van der Waals surface area contributed by atoms with Crippen LogP contribution in [0.25, 0.3) is 11.5 Å². The van der Waals surface area contributed by atoms with E-state index in [9.17, 15) is 0 Å². The van der Waals surface area contributed by atoms with Crippen molar-refractivity contribution in [3.63, 3.8) is 0 Å². The van der Waals surface area contributed by atoms with Gasteiger partial charge in [0.25, 0.3) is 4.84 Å². The molecule has 2 heterocycles. The molecule has 5 nitrogen and oxygen atoms in total. The Morgan fingerprint density at radius 2 is 2.00 bits per heavy atom. The Bertz CT molecular complexity index is 798. The first-order valence-corrected chi connectivity index (χ1v) is 7.91. The van der Waals surface area contributed by atoms with Gasteiger partial charge in [0.05, 0.1) is 12.2 Å². The van der Waals surface area contributed by atoms with Gasteiger partial charge in [-0.05, 0) is 36.5 Å². The van der Waals surface area contributed by atoms with Crippen LogP contribution in [0.2, 0.25) is 0 Å². The Morgan fingerprint density at radius 3 is 2.70 bits per heavy atom. The Balaban J connectivity index is 1.76. The molecule has 0 radical (unpaired) electrons. The summed E-state index contributed by atoms with van der Waals surface area (Å²) in [5.41, 5.74) is 2.08. The van der Waals surface area contributed by atoms with E-state index in [2.05, 4.69) is 34.0 Å². The highest BCUT2D eigenvalue weighted by Crippen LogP contribution is 2.16. The molecule has 6 heteroatoms. The lowest BCUT2D eigenvalue weighted by Crippen LogP contribution is -2.26. The van der Waals surface area contributed by atoms with Gasteiger partial charge in [0.2, 0.25) is 5.89 Å². The Labute approximate surface area is 140 Å². The molecule has 118 valence electrons. The van der Waals surface area contributed by atoms with E-state index in [0.717, 1.165) is 18.7 Å². The second-order valence-electron chi connectivity index (χ2n) is 5.19. The van der Waals surface area contributed by atoms with Gasteiger partial charge in [0, 0.05) is 18.9 Å². The minimum Gasteiger partial charge on any atom is -0.409 e. The monoisotopic (exact) mass is 326 g/mol. The molecule has 0 aliphatic carbocycles. The maximum absolute atomic E-state index is 5.60. The number of nitrogens with zero attached hydrogens (tertiary/aromatic N) is 4. The number of rotatable bonds is 6. The molecule has 23 heavy (non-hydrogen) atoms. The summed E-state index contributed by atoms with van der Waals surface area (Å²) >= 11 is 5.29. The van der Waals surface area contributed by atoms with E-state index in [4.69, 9.17) is 16.6 Å². The van der Waals surface area contributed by atoms with Crippen molar-refractivity contribution in [2.75, 3.05) is 6.54 Å². The van der Waals surface area contributed by atoms with E-state index in [-0.39, 0.29) is 0 Å². The molecule has 0 bridgehead atoms. The summed E-state index contributed by atoms with van der Waals surface area (Å²) in [4.78, 5) is 6.70. The molecular formula is C17H18N4OS. The number of benzene rings is 1. The van der Waals surface area contributed by atoms with Gasteiger partial charge in [-0.15, -0.1) is 5.10 Å². The minimum atomic E-state index is 0.371. The molecule has 0 amide bonds. The Morgan fingerprint density at radius 1 is 1.17 bits per heavy atom. The highest BCUT2D eigenvalue weighted by molar-refractivity contribution is 7.71. The van der Waals surface area contributed by atoms with Gasteiger partial charge < -0.3 is 4.42 Å². The van der Waals surface area contributed by atoms with Crippen LogP contribution in [0.3, 0.4) is 0 Å². The lowest BCUT2D eigenvalue weighted by Gasteiger charge is -2.19. The Kier molecular flexibility index (Phi) is 4.95. The fourth-order valence-electron chi connectivity index (χ4n) is 2.29. The lowest BCUT2D eigenvalue weighted by molar-refractivity contribution is 0.205. The molecule has 0 aliphatic heterocycles. The Hall–Kier alpha value is -2.31. The summed E-state index contributed by atoms with van der Waals surface area (Å²) in [6.07, 6.45) is 3.43. The molecule has 2 aromatic heterocycles. The molecule has 0 spiro atoms. The van der Waals surface area contributed by atoms with Gasteiger partial charge in [-0.3, -0.25) is 9.88 Å². The van der Waals surface area contributed by atoms with Crippen LogP contribution >= 0.6 is 12.2 Å². The van der Waals surface area contributed by atoms with Crippen molar-refractivity contribution in [2.24, 2.45) is 0 Å². The zero-order valence-corrected chi connectivity index (χ0v) is 13.7. The highest BCUT2D eigenvalue weighted by Gasteiger charge is 2.11. The maximum Gasteiger partial charge on any atom is 0.288 e. The van der Waals surface area contributed by atoms with Gasteiger partial charge in [0.15, 0.2) is 0 Å². The first-order chi connectivity index (χ1) is 11.3. The predicted octanol–water partition coefficient (Wildman–Crippen LogP) is 3.75. The van der Waals surface area contributed by atoms with Crippen LogP contribution in [0.5, 0.6) is 0 Å². The molecule has 0 saturated heterocycles. The van der Waals surface area contributed by atoms with Crippen LogP contribution in [0.4, 0.5) is 0 Å². The van der Waals surface area contributed by atoms with E-state index in [1.165, 1.54) is 5.56 Å². The van der Waals surface area contributed by atoms with Crippen molar-refractivity contribution >= 4 is 12.2 Å². The van der Waals surface area contributed by atoms with Crippen molar-refractivity contribution in [3.05, 3.63) is 65.3 Å². The largest absolute Gasteiger partial charge is 0.409 e. The molecular weight excluding hydrogens is 308 g/mol. The minimum absolute atomic E-state index is 0.371. The predicted molar refractivity (Wildman–Crippen MR) is 91.1 cm³/mol. The highest BCUT2D eigenvalue weighted by atomic mass is 32.1. The third kappa shape index (κ3) is 3.91. The van der Waals surface area contributed by atoms with Crippen LogP contribution in [0, 0.1) is 4.84 Å². The third-order valence-electron chi connectivity index (χ3n) is 3.54. The van der Waals surface area contributed by atoms with Gasteiger partial charge >= 0.3 is 0 Å². The quantitative estimate of drug-likeness (QED) is 0.646. The van der Waals surface area contributed by atoms with Crippen molar-refractivity contribution in [1.29, 1.82) is 0 Å². The zero-order valence-electron chi connectivity index (χ0n) is 12.9. The van der Waals surface area contributed by atoms with Crippen molar-refractivity contribution in [3.8, 4) is 11.5 Å². The lowest BCUT2D eigenvalue weighted by atomic mass is 10.2. The second-order valence-corrected chi connectivity index (χ2v) is 5.54. The van der Waals surface area contributed by atoms with E-state index in [1.807, 2.05) is 30.3 Å². The third-order valence-corrected chi connectivity index (χ3v) is 3.84. The van der Waals surface area contributed by atoms with Crippen LogP contribution in [0.1, 0.15) is 12.5 Å². The molecule has 0 atom stereocenters. The maximum atomic E-state index is 5.60. The molecule has 3 aromatic rings. The van der Waals surface area contributed by atoms with E-state index in [0.29, 0.717) is 17.4 Å². The van der Waals surface area contributed by atoms with Gasteiger partial charge in [-0.25, -0.2) is 4.68 Å². The van der Waals surface area contributed by atoms with Crippen molar-refractivity contribution < 1.29 is 4.42 Å². The van der Waals surface area contributed by atoms with Gasteiger partial charge in [-0.1, -0.05) is 37.3 Å². The fourth-order valence-corrected chi connectivity index (χ4v) is 2.47. The first kappa shape index (κ1) is 15.6. The summed E-state index contributed by atoms with van der Waals surface area (Å²) in [6.45, 7) is 4.45. The summed E-state index contributed by atoms with van der Waals surface area (Å²) in [5, 5.41) is 4.47. The van der Waals surface area contributed by atoms with Crippen LogP contribution in [-0.2, 0) is 13.2 Å². The second kappa shape index (κ2) is 7.30. The first-order valence-electron chi connectivity index (χ1n) is 7.51. The standard InChI is InChI=1S/C17H18N4OS/c1-2-20(12-14-7-4-3-5-8-14)13-21-17(23)22-16(19-21)15-9-6-10-18-11-15/h3-11H,2,12-13H2,1H3. The van der Waals surface area contributed by atoms with Crippen LogP contribution in [-0.4, -0.2) is 26.2 Å². The average Bonchev–Trinajstić information content (AvgIpc) is 2.97. The van der Waals surface area contributed by atoms with E-state index >= 15 is 0 Å². The normalized spacial score (nSPS) is 11.0. The van der Waals surface area contributed by atoms with Crippen molar-refractivity contribution in [1.82, 2.24) is 19.7 Å². The summed E-state index contributed by atoms with van der Waals surface area (Å²) in [7, 11) is 0. The number of aromatic nitrogens is 3. The molecule has 3 rings (SSSR count). The van der Waals surface area contributed by atoms with E-state index in [1.54, 1.807) is 17.1 Å².